The first-order chi connectivity index (χ1) is 10.2. The van der Waals surface area contributed by atoms with Crippen LogP contribution in [0.15, 0.2) is 24.9 Å². The van der Waals surface area contributed by atoms with E-state index >= 15 is 0 Å². The minimum absolute atomic E-state index is 0.315. The van der Waals surface area contributed by atoms with Crippen LogP contribution in [0.4, 0.5) is 5.95 Å². The Morgan fingerprint density at radius 2 is 2.29 bits per heavy atom. The zero-order valence-electron chi connectivity index (χ0n) is 13.1. The van der Waals surface area contributed by atoms with Crippen LogP contribution in [0.3, 0.4) is 0 Å². The van der Waals surface area contributed by atoms with E-state index in [1.807, 2.05) is 26.4 Å². The van der Waals surface area contributed by atoms with Gasteiger partial charge in [0.2, 0.25) is 5.95 Å². The summed E-state index contributed by atoms with van der Waals surface area (Å²) in [5, 5.41) is 3.40. The fourth-order valence-corrected chi connectivity index (χ4v) is 2.29. The van der Waals surface area contributed by atoms with Crippen molar-refractivity contribution in [3.8, 4) is 0 Å². The van der Waals surface area contributed by atoms with Crippen LogP contribution in [0.1, 0.15) is 32.0 Å². The van der Waals surface area contributed by atoms with Crippen molar-refractivity contribution < 1.29 is 4.74 Å². The molecule has 0 aliphatic heterocycles. The van der Waals surface area contributed by atoms with E-state index in [1.54, 1.807) is 6.20 Å². The van der Waals surface area contributed by atoms with Crippen LogP contribution < -0.4 is 5.32 Å². The summed E-state index contributed by atoms with van der Waals surface area (Å²) >= 11 is 0. The highest BCUT2D eigenvalue weighted by Gasteiger charge is 2.12. The van der Waals surface area contributed by atoms with Gasteiger partial charge in [-0.05, 0) is 27.2 Å². The average Bonchev–Trinajstić information content (AvgIpc) is 3.08. The van der Waals surface area contributed by atoms with E-state index in [0.717, 1.165) is 44.4 Å². The highest BCUT2D eigenvalue weighted by Crippen LogP contribution is 2.17. The van der Waals surface area contributed by atoms with Gasteiger partial charge in [0, 0.05) is 44.9 Å². The van der Waals surface area contributed by atoms with E-state index < -0.39 is 0 Å². The molecule has 0 bridgehead atoms. The molecule has 6 nitrogen and oxygen atoms in total. The first-order valence-electron chi connectivity index (χ1n) is 7.53. The maximum atomic E-state index is 5.35. The molecular weight excluding hydrogens is 266 g/mol. The van der Waals surface area contributed by atoms with E-state index in [9.17, 15) is 0 Å². The van der Waals surface area contributed by atoms with Gasteiger partial charge >= 0.3 is 0 Å². The second kappa shape index (κ2) is 7.83. The van der Waals surface area contributed by atoms with Crippen LogP contribution in [0.25, 0.3) is 0 Å². The molecule has 0 amide bonds. The van der Waals surface area contributed by atoms with Gasteiger partial charge in [0.15, 0.2) is 0 Å². The Labute approximate surface area is 126 Å². The van der Waals surface area contributed by atoms with Gasteiger partial charge in [0.1, 0.15) is 0 Å². The van der Waals surface area contributed by atoms with Crippen LogP contribution in [0.2, 0.25) is 0 Å². The van der Waals surface area contributed by atoms with Crippen molar-refractivity contribution >= 4 is 5.95 Å². The molecule has 1 atom stereocenters. The number of aryl methyl sites for hydroxylation is 1. The molecule has 0 saturated carbocycles. The molecule has 6 heteroatoms. The molecule has 2 aromatic heterocycles. The lowest BCUT2D eigenvalue weighted by atomic mass is 10.3. The van der Waals surface area contributed by atoms with Gasteiger partial charge in [0.25, 0.3) is 0 Å². The summed E-state index contributed by atoms with van der Waals surface area (Å²) < 4.78 is 9.62. The van der Waals surface area contributed by atoms with Crippen molar-refractivity contribution in [1.29, 1.82) is 0 Å². The average molecular weight is 291 g/mol. The number of hydrogen-bond donors (Lipinski definition) is 1. The number of aromatic nitrogens is 4. The summed E-state index contributed by atoms with van der Waals surface area (Å²) in [7, 11) is 0. The largest absolute Gasteiger partial charge is 0.382 e. The first-order valence-corrected chi connectivity index (χ1v) is 7.53. The molecule has 2 heterocycles. The van der Waals surface area contributed by atoms with E-state index in [4.69, 9.17) is 4.74 Å². The smallest absolute Gasteiger partial charge is 0.203 e. The molecule has 1 unspecified atom stereocenters. The van der Waals surface area contributed by atoms with Gasteiger partial charge in [0.05, 0.1) is 18.1 Å². The maximum Gasteiger partial charge on any atom is 0.203 e. The summed E-state index contributed by atoms with van der Waals surface area (Å²) in [6.07, 6.45) is 8.70. The Balaban J connectivity index is 1.92. The summed E-state index contributed by atoms with van der Waals surface area (Å²) in [6, 6.07) is 0.315. The third kappa shape index (κ3) is 4.60. The molecule has 1 N–H and O–H groups in total. The van der Waals surface area contributed by atoms with Gasteiger partial charge in [-0.15, -0.1) is 0 Å². The molecule has 0 radical (unpaired) electrons. The van der Waals surface area contributed by atoms with Crippen LogP contribution in [0, 0.1) is 6.92 Å². The van der Waals surface area contributed by atoms with Crippen molar-refractivity contribution in [3.63, 3.8) is 0 Å². The van der Waals surface area contributed by atoms with E-state index in [2.05, 4.69) is 37.5 Å². The van der Waals surface area contributed by atoms with Crippen molar-refractivity contribution in [1.82, 2.24) is 19.1 Å². The second-order valence-electron chi connectivity index (χ2n) is 5.20. The normalized spacial score (nSPS) is 12.5. The van der Waals surface area contributed by atoms with Crippen molar-refractivity contribution in [2.24, 2.45) is 0 Å². The Morgan fingerprint density at radius 1 is 1.43 bits per heavy atom. The zero-order valence-corrected chi connectivity index (χ0v) is 13.1. The zero-order chi connectivity index (χ0) is 15.1. The maximum absolute atomic E-state index is 5.35. The number of imidazole rings is 2. The number of hydrogen-bond acceptors (Lipinski definition) is 4. The van der Waals surface area contributed by atoms with E-state index in [-0.39, 0.29) is 0 Å². The molecule has 0 aliphatic rings. The lowest BCUT2D eigenvalue weighted by Gasteiger charge is -2.17. The van der Waals surface area contributed by atoms with Crippen LogP contribution in [-0.4, -0.2) is 38.9 Å². The van der Waals surface area contributed by atoms with Gasteiger partial charge in [-0.25, -0.2) is 9.97 Å². The molecule has 2 rings (SSSR count). The lowest BCUT2D eigenvalue weighted by molar-refractivity contribution is 0.147. The molecule has 0 fully saturated rings. The first kappa shape index (κ1) is 15.6. The summed E-state index contributed by atoms with van der Waals surface area (Å²) in [5.74, 6) is 0.927. The van der Waals surface area contributed by atoms with Crippen LogP contribution >= 0.6 is 0 Å². The van der Waals surface area contributed by atoms with Crippen molar-refractivity contribution in [2.75, 3.05) is 25.1 Å². The molecule has 0 aromatic carbocycles. The molecule has 2 aromatic rings. The van der Waals surface area contributed by atoms with Crippen molar-refractivity contribution in [2.45, 2.75) is 39.8 Å². The molecule has 0 saturated heterocycles. The Hall–Kier alpha value is -1.82. The number of anilines is 1. The number of nitrogens with zero attached hydrogens (tertiary/aromatic N) is 4. The Morgan fingerprint density at radius 3 is 3.00 bits per heavy atom. The summed E-state index contributed by atoms with van der Waals surface area (Å²) in [4.78, 5) is 8.65. The predicted octanol–water partition coefficient (Wildman–Crippen LogP) is 2.49. The monoisotopic (exact) mass is 291 g/mol. The third-order valence-electron chi connectivity index (χ3n) is 3.31. The SMILES string of the molecule is CCOCCCNc1nc(C)cn1C(C)Cn1ccnc1. The third-order valence-corrected chi connectivity index (χ3v) is 3.31. The number of rotatable bonds is 9. The fourth-order valence-electron chi connectivity index (χ4n) is 2.29. The van der Waals surface area contributed by atoms with Gasteiger partial charge in [-0.3, -0.25) is 0 Å². The van der Waals surface area contributed by atoms with Gasteiger partial charge in [-0.1, -0.05) is 0 Å². The molecular formula is C15H25N5O. The minimum Gasteiger partial charge on any atom is -0.382 e. The van der Waals surface area contributed by atoms with E-state index in [0.29, 0.717) is 6.04 Å². The Kier molecular flexibility index (Phi) is 5.80. The molecule has 21 heavy (non-hydrogen) atoms. The number of nitrogens with one attached hydrogen (secondary N) is 1. The number of ether oxygens (including phenoxy) is 1. The van der Waals surface area contributed by atoms with Crippen LogP contribution in [0.5, 0.6) is 0 Å². The lowest BCUT2D eigenvalue weighted by Crippen LogP contribution is -2.16. The minimum atomic E-state index is 0.315. The van der Waals surface area contributed by atoms with E-state index in [1.165, 1.54) is 0 Å². The van der Waals surface area contributed by atoms with Gasteiger partial charge < -0.3 is 19.2 Å². The summed E-state index contributed by atoms with van der Waals surface area (Å²) in [6.45, 7) is 9.53. The van der Waals surface area contributed by atoms with Crippen LogP contribution in [-0.2, 0) is 11.3 Å². The second-order valence-corrected chi connectivity index (χ2v) is 5.20. The van der Waals surface area contributed by atoms with Crippen molar-refractivity contribution in [3.05, 3.63) is 30.6 Å². The topological polar surface area (TPSA) is 56.9 Å². The molecule has 116 valence electrons. The molecule has 0 spiro atoms. The highest BCUT2D eigenvalue weighted by atomic mass is 16.5. The highest BCUT2D eigenvalue weighted by molar-refractivity contribution is 5.29. The fraction of sp³-hybridized carbons (Fsp3) is 0.600. The predicted molar refractivity (Wildman–Crippen MR) is 83.5 cm³/mol. The Bertz CT molecular complexity index is 520. The molecule has 0 aliphatic carbocycles. The standard InChI is InChI=1S/C15H25N5O/c1-4-21-9-5-6-17-15-18-13(2)10-20(15)14(3)11-19-8-7-16-12-19/h7-8,10,12,14H,4-6,9,11H2,1-3H3,(H,17,18). The summed E-state index contributed by atoms with van der Waals surface area (Å²) in [5.41, 5.74) is 1.03. The quantitative estimate of drug-likeness (QED) is 0.721. The van der Waals surface area contributed by atoms with Gasteiger partial charge in [-0.2, -0.15) is 0 Å².